The normalized spacial score (nSPS) is 10.9. The summed E-state index contributed by atoms with van der Waals surface area (Å²) in [6.07, 6.45) is 4.33. The maximum Gasteiger partial charge on any atom is 0.287 e. The van der Waals surface area contributed by atoms with E-state index in [4.69, 9.17) is 33.5 Å². The molecule has 23 heavy (non-hydrogen) atoms. The van der Waals surface area contributed by atoms with E-state index in [0.29, 0.717) is 16.0 Å². The van der Waals surface area contributed by atoms with Crippen molar-refractivity contribution in [3.8, 4) is 0 Å². The number of halogens is 2. The minimum atomic E-state index is -4.03. The van der Waals surface area contributed by atoms with Crippen LogP contribution in [0.2, 0.25) is 10.0 Å². The van der Waals surface area contributed by atoms with Gasteiger partial charge in [0.15, 0.2) is 0 Å². The van der Waals surface area contributed by atoms with Crippen LogP contribution in [-0.2, 0) is 10.1 Å². The molecule has 1 aromatic carbocycles. The van der Waals surface area contributed by atoms with Gasteiger partial charge in [-0.15, -0.1) is 0 Å². The van der Waals surface area contributed by atoms with Crippen LogP contribution < -0.4 is 5.73 Å². The fourth-order valence-electron chi connectivity index (χ4n) is 1.33. The van der Waals surface area contributed by atoms with Crippen LogP contribution in [0.15, 0.2) is 48.1 Å². The average molecular weight is 375 g/mol. The standard InChI is InChI=1S/C7H5Cl2NO.C7H7NO3S/c8-4-1-2-5(7(10)11)6(9)3-4;9-12(10,11)5-3-7-2-1-4-8-6-7/h1-3H,(H2,10,11);1-6H,(H,9,10,11)/b;5-3+. The number of hydrogen-bond donors (Lipinski definition) is 2. The topological polar surface area (TPSA) is 110 Å². The summed E-state index contributed by atoms with van der Waals surface area (Å²) in [6, 6.07) is 7.88. The number of nitrogens with zero attached hydrogens (tertiary/aromatic N) is 1. The lowest BCUT2D eigenvalue weighted by molar-refractivity contribution is 0.100. The van der Waals surface area contributed by atoms with Crippen molar-refractivity contribution in [2.45, 2.75) is 0 Å². The molecule has 1 heterocycles. The third kappa shape index (κ3) is 7.75. The largest absolute Gasteiger partial charge is 0.366 e. The van der Waals surface area contributed by atoms with Crippen LogP contribution in [0.4, 0.5) is 0 Å². The molecule has 0 saturated carbocycles. The van der Waals surface area contributed by atoms with Gasteiger partial charge in [-0.3, -0.25) is 14.3 Å². The summed E-state index contributed by atoms with van der Waals surface area (Å²) in [5, 5.41) is 1.48. The minimum Gasteiger partial charge on any atom is -0.366 e. The summed E-state index contributed by atoms with van der Waals surface area (Å²) < 4.78 is 28.8. The van der Waals surface area contributed by atoms with Gasteiger partial charge in [0.1, 0.15) is 0 Å². The van der Waals surface area contributed by atoms with Crippen molar-refractivity contribution in [1.82, 2.24) is 4.98 Å². The first-order valence-electron chi connectivity index (χ1n) is 5.99. The molecule has 0 saturated heterocycles. The zero-order valence-electron chi connectivity index (χ0n) is 11.6. The van der Waals surface area contributed by atoms with E-state index < -0.39 is 16.0 Å². The molecule has 0 radical (unpaired) electrons. The van der Waals surface area contributed by atoms with Crippen molar-refractivity contribution < 1.29 is 17.8 Å². The Bertz CT molecular complexity index is 809. The van der Waals surface area contributed by atoms with Gasteiger partial charge < -0.3 is 5.73 Å². The predicted molar refractivity (Wildman–Crippen MR) is 89.8 cm³/mol. The summed E-state index contributed by atoms with van der Waals surface area (Å²) in [4.78, 5) is 14.4. The molecule has 0 atom stereocenters. The molecule has 0 fully saturated rings. The molecular formula is C14H12Cl2N2O4S. The summed E-state index contributed by atoms with van der Waals surface area (Å²) in [5.74, 6) is -0.549. The number of carbonyl (C=O) groups is 1. The van der Waals surface area contributed by atoms with E-state index >= 15 is 0 Å². The van der Waals surface area contributed by atoms with Crippen LogP contribution in [0, 0.1) is 0 Å². The van der Waals surface area contributed by atoms with Crippen molar-refractivity contribution >= 4 is 45.3 Å². The second-order valence-corrected chi connectivity index (χ2v) is 6.24. The Labute approximate surface area is 143 Å². The number of primary amides is 1. The van der Waals surface area contributed by atoms with Gasteiger partial charge in [0, 0.05) is 17.4 Å². The van der Waals surface area contributed by atoms with Crippen molar-refractivity contribution in [1.29, 1.82) is 0 Å². The molecule has 0 bridgehead atoms. The van der Waals surface area contributed by atoms with E-state index in [9.17, 15) is 13.2 Å². The third-order valence-electron chi connectivity index (χ3n) is 2.31. The molecule has 9 heteroatoms. The maximum absolute atomic E-state index is 10.6. The van der Waals surface area contributed by atoms with E-state index in [2.05, 4.69) is 4.98 Å². The summed E-state index contributed by atoms with van der Waals surface area (Å²) in [5.41, 5.74) is 5.91. The molecule has 0 aliphatic rings. The molecule has 2 aromatic rings. The highest BCUT2D eigenvalue weighted by molar-refractivity contribution is 7.88. The fraction of sp³-hybridized carbons (Fsp3) is 0. The maximum atomic E-state index is 10.6. The number of pyridine rings is 1. The number of hydrogen-bond acceptors (Lipinski definition) is 4. The Balaban J connectivity index is 0.000000231. The van der Waals surface area contributed by atoms with Gasteiger partial charge in [0.05, 0.1) is 16.0 Å². The summed E-state index contributed by atoms with van der Waals surface area (Å²) in [6.45, 7) is 0. The Morgan fingerprint density at radius 2 is 1.96 bits per heavy atom. The van der Waals surface area contributed by atoms with E-state index in [-0.39, 0.29) is 10.6 Å². The molecule has 0 aliphatic carbocycles. The van der Waals surface area contributed by atoms with Crippen molar-refractivity contribution in [2.24, 2.45) is 5.73 Å². The predicted octanol–water partition coefficient (Wildman–Crippen LogP) is 3.03. The molecule has 6 nitrogen and oxygen atoms in total. The van der Waals surface area contributed by atoms with Gasteiger partial charge in [0.25, 0.3) is 10.1 Å². The van der Waals surface area contributed by atoms with Gasteiger partial charge in [-0.25, -0.2) is 0 Å². The highest BCUT2D eigenvalue weighted by atomic mass is 35.5. The molecule has 0 aliphatic heterocycles. The molecule has 3 N–H and O–H groups in total. The van der Waals surface area contributed by atoms with Gasteiger partial charge in [-0.1, -0.05) is 29.3 Å². The van der Waals surface area contributed by atoms with Gasteiger partial charge in [-0.05, 0) is 35.9 Å². The number of carbonyl (C=O) groups excluding carboxylic acids is 1. The van der Waals surface area contributed by atoms with Crippen LogP contribution in [0.5, 0.6) is 0 Å². The van der Waals surface area contributed by atoms with Crippen molar-refractivity contribution in [3.05, 3.63) is 69.3 Å². The third-order valence-corrected chi connectivity index (χ3v) is 3.34. The Morgan fingerprint density at radius 3 is 2.43 bits per heavy atom. The second-order valence-electron chi connectivity index (χ2n) is 4.09. The SMILES string of the molecule is NC(=O)c1ccc(Cl)cc1Cl.O=S(=O)(O)/C=C/c1cccnc1. The number of amides is 1. The zero-order valence-corrected chi connectivity index (χ0v) is 13.9. The van der Waals surface area contributed by atoms with E-state index in [0.717, 1.165) is 0 Å². The average Bonchev–Trinajstić information content (AvgIpc) is 2.46. The highest BCUT2D eigenvalue weighted by Gasteiger charge is 2.05. The van der Waals surface area contributed by atoms with Crippen molar-refractivity contribution in [2.75, 3.05) is 0 Å². The Kier molecular flexibility index (Phi) is 7.18. The number of nitrogens with two attached hydrogens (primary N) is 1. The minimum absolute atomic E-state index is 0.282. The van der Waals surface area contributed by atoms with Crippen LogP contribution in [-0.4, -0.2) is 23.9 Å². The van der Waals surface area contributed by atoms with E-state index in [1.165, 1.54) is 24.4 Å². The smallest absolute Gasteiger partial charge is 0.287 e. The lowest BCUT2D eigenvalue weighted by Crippen LogP contribution is -2.11. The molecule has 122 valence electrons. The van der Waals surface area contributed by atoms with Gasteiger partial charge in [-0.2, -0.15) is 8.42 Å². The first kappa shape index (κ1) is 19.1. The van der Waals surface area contributed by atoms with Gasteiger partial charge >= 0.3 is 0 Å². The quantitative estimate of drug-likeness (QED) is 0.802. The second kappa shape index (κ2) is 8.64. The molecule has 1 amide bonds. The lowest BCUT2D eigenvalue weighted by Gasteiger charge is -1.97. The molecule has 2 rings (SSSR count). The monoisotopic (exact) mass is 374 g/mol. The lowest BCUT2D eigenvalue weighted by atomic mass is 10.2. The number of aromatic nitrogens is 1. The van der Waals surface area contributed by atoms with Gasteiger partial charge in [0.2, 0.25) is 5.91 Å². The van der Waals surface area contributed by atoms with Crippen LogP contribution in [0.3, 0.4) is 0 Å². The first-order valence-corrected chi connectivity index (χ1v) is 8.25. The molecule has 1 aromatic heterocycles. The van der Waals surface area contributed by atoms with Crippen LogP contribution in [0.1, 0.15) is 15.9 Å². The number of benzene rings is 1. The summed E-state index contributed by atoms with van der Waals surface area (Å²) in [7, 11) is -4.03. The summed E-state index contributed by atoms with van der Waals surface area (Å²) >= 11 is 11.2. The molecular weight excluding hydrogens is 363 g/mol. The highest BCUT2D eigenvalue weighted by Crippen LogP contribution is 2.20. The van der Waals surface area contributed by atoms with E-state index in [1.54, 1.807) is 24.4 Å². The fourth-order valence-corrected chi connectivity index (χ4v) is 2.16. The molecule has 0 unspecified atom stereocenters. The molecule has 0 spiro atoms. The first-order chi connectivity index (χ1) is 10.7. The van der Waals surface area contributed by atoms with Crippen molar-refractivity contribution in [3.63, 3.8) is 0 Å². The zero-order chi connectivity index (χ0) is 17.5. The van der Waals surface area contributed by atoms with Crippen LogP contribution in [0.25, 0.3) is 6.08 Å². The Hall–Kier alpha value is -1.93. The van der Waals surface area contributed by atoms with Crippen LogP contribution >= 0.6 is 23.2 Å². The Morgan fingerprint density at radius 1 is 1.26 bits per heavy atom. The van der Waals surface area contributed by atoms with E-state index in [1.807, 2.05) is 0 Å². The number of rotatable bonds is 3.